The molecule has 0 radical (unpaired) electrons. The van der Waals surface area contributed by atoms with Crippen molar-refractivity contribution in [3.8, 4) is 55.6 Å². The van der Waals surface area contributed by atoms with Gasteiger partial charge in [0.05, 0.1) is 11.4 Å². The third-order valence-corrected chi connectivity index (χ3v) is 20.6. The Morgan fingerprint density at radius 1 is 0.411 bits per heavy atom. The molecule has 0 amide bonds. The van der Waals surface area contributed by atoms with Gasteiger partial charge in [-0.25, -0.2) is 0 Å². The van der Waals surface area contributed by atoms with Crippen molar-refractivity contribution < 1.29 is 0 Å². The van der Waals surface area contributed by atoms with E-state index in [0.29, 0.717) is 12.1 Å². The average molecular weight is 1160 g/mol. The molecule has 11 aromatic rings. The van der Waals surface area contributed by atoms with E-state index < -0.39 is 0 Å². The van der Waals surface area contributed by atoms with Gasteiger partial charge in [0.25, 0.3) is 6.71 Å². The van der Waals surface area contributed by atoms with E-state index in [9.17, 15) is 0 Å². The smallest absolute Gasteiger partial charge is 0.252 e. The van der Waals surface area contributed by atoms with Crippen LogP contribution >= 0.6 is 0 Å². The lowest BCUT2D eigenvalue weighted by Crippen LogP contribution is -2.62. The number of hydrogen-bond donors (Lipinski definition) is 0. The van der Waals surface area contributed by atoms with E-state index in [1.807, 2.05) is 0 Å². The molecule has 0 spiro atoms. The number of hydrogen-bond acceptors (Lipinski definition) is 3. The van der Waals surface area contributed by atoms with E-state index in [4.69, 9.17) is 0 Å². The lowest BCUT2D eigenvalue weighted by molar-refractivity contribution is 0.0900. The molecule has 11 aromatic carbocycles. The molecule has 4 heterocycles. The molecule has 2 saturated heterocycles. The number of allylic oxidation sites excluding steroid dienone is 7. The molecule has 18 rings (SSSR count). The second kappa shape index (κ2) is 22.8. The quantitative estimate of drug-likeness (QED) is 0.0841. The van der Waals surface area contributed by atoms with Crippen LogP contribution in [0.5, 0.6) is 0 Å². The van der Waals surface area contributed by atoms with Gasteiger partial charge in [-0.15, -0.1) is 0 Å². The van der Waals surface area contributed by atoms with Gasteiger partial charge in [-0.1, -0.05) is 261 Å². The summed E-state index contributed by atoms with van der Waals surface area (Å²) in [6.07, 6.45) is 19.1. The highest BCUT2D eigenvalue weighted by molar-refractivity contribution is 7.00. The van der Waals surface area contributed by atoms with Crippen LogP contribution in [0, 0.1) is 17.8 Å². The minimum absolute atomic E-state index is 0.152. The third-order valence-electron chi connectivity index (χ3n) is 20.6. The first-order valence-electron chi connectivity index (χ1n) is 32.7. The van der Waals surface area contributed by atoms with Crippen LogP contribution in [0.25, 0.3) is 66.8 Å². The topological polar surface area (TPSA) is 9.72 Å². The van der Waals surface area contributed by atoms with Crippen LogP contribution in [-0.2, 0) is 0 Å². The summed E-state index contributed by atoms with van der Waals surface area (Å²) in [6.45, 7) is 2.11. The van der Waals surface area contributed by atoms with Gasteiger partial charge in [-0.2, -0.15) is 0 Å². The van der Waals surface area contributed by atoms with Crippen LogP contribution in [-0.4, -0.2) is 18.8 Å². The van der Waals surface area contributed by atoms with E-state index >= 15 is 0 Å². The van der Waals surface area contributed by atoms with Crippen LogP contribution in [0.1, 0.15) is 56.6 Å². The maximum Gasteiger partial charge on any atom is 0.252 e. The molecule has 432 valence electrons. The van der Waals surface area contributed by atoms with Crippen LogP contribution in [0.2, 0.25) is 0 Å². The standard InChI is InChI=1S/C86H70BN3/c1-2-74(64-34-16-6-17-35-64)85(75(51-58-26-24-25-27-58)65-36-18-7-19-37-65)90-81-57-71(88-72-47-59-46-60(49-72)50-73(88)48-59)43-44-78(81)87-79-54-68(61-28-10-3-11-29-61)42-45-80(79)89(82-55-70(56-83(90)84(82)87)63-32-14-5-15-33-63)86-76(66-38-20-8-21-39-66)52-69(62-30-12-4-13-31-62)53-77(86)67-40-22-9-23-41-67/h2-45,52-60,72-73H,46-51H2,1H3/b74-2-,85-75-. The van der Waals surface area contributed by atoms with Crippen LogP contribution < -0.4 is 31.1 Å². The maximum absolute atomic E-state index is 2.91. The third kappa shape index (κ3) is 9.43. The summed E-state index contributed by atoms with van der Waals surface area (Å²) in [4.78, 5) is 8.41. The van der Waals surface area contributed by atoms with Gasteiger partial charge < -0.3 is 14.7 Å². The molecule has 0 atom stereocenters. The van der Waals surface area contributed by atoms with Gasteiger partial charge in [0.1, 0.15) is 0 Å². The molecule has 90 heavy (non-hydrogen) atoms. The number of anilines is 6. The predicted molar refractivity (Wildman–Crippen MR) is 382 cm³/mol. The summed E-state index contributed by atoms with van der Waals surface area (Å²) >= 11 is 0. The number of fused-ring (bicyclic) bond motifs is 4. The minimum atomic E-state index is -0.152. The van der Waals surface area contributed by atoms with Crippen molar-refractivity contribution in [1.29, 1.82) is 0 Å². The molecular weight excluding hydrogens is 1090 g/mol. The lowest BCUT2D eigenvalue weighted by Gasteiger charge is -2.57. The second-order valence-corrected chi connectivity index (χ2v) is 25.8. The van der Waals surface area contributed by atoms with Gasteiger partial charge in [-0.3, -0.25) is 0 Å². The fourth-order valence-corrected chi connectivity index (χ4v) is 16.9. The highest BCUT2D eigenvalue weighted by atomic mass is 15.2. The molecule has 0 aromatic heterocycles. The summed E-state index contributed by atoms with van der Waals surface area (Å²) in [6, 6.07) is 104. The van der Waals surface area contributed by atoms with Crippen molar-refractivity contribution in [3.63, 3.8) is 0 Å². The Morgan fingerprint density at radius 3 is 1.44 bits per heavy atom. The fourth-order valence-electron chi connectivity index (χ4n) is 16.9. The summed E-state index contributed by atoms with van der Waals surface area (Å²) in [5.74, 6) is 1.88. The van der Waals surface area contributed by atoms with E-state index in [0.717, 1.165) is 35.1 Å². The largest absolute Gasteiger partial charge is 0.365 e. The molecule has 0 unspecified atom stereocenters. The predicted octanol–water partition coefficient (Wildman–Crippen LogP) is 20.2. The zero-order chi connectivity index (χ0) is 59.7. The molecule has 3 nitrogen and oxygen atoms in total. The number of piperidine rings is 2. The summed E-state index contributed by atoms with van der Waals surface area (Å²) in [7, 11) is 0. The highest BCUT2D eigenvalue weighted by Crippen LogP contribution is 2.55. The molecule has 7 aliphatic rings. The van der Waals surface area contributed by atoms with Crippen molar-refractivity contribution in [2.45, 2.75) is 57.5 Å². The Labute approximate surface area is 531 Å². The SMILES string of the molecule is C/C=C(\C(=C(/CC1C=CC=C1)c1ccccc1)N1c2cc(N3C4CC5CC(C4)CC3C5)ccc2B2c3cc(-c4ccccc4)ccc3N(c3c(-c4ccccc4)cc(-c4ccccc4)cc3-c3ccccc3)c3cc(-c4ccccc4)cc1c32)c1ccccc1. The second-order valence-electron chi connectivity index (χ2n) is 25.8. The van der Waals surface area contributed by atoms with Gasteiger partial charge in [0, 0.05) is 57.2 Å². The normalized spacial score (nSPS) is 18.8. The number of nitrogens with zero attached hydrogens (tertiary/aromatic N) is 3. The van der Waals surface area contributed by atoms with Gasteiger partial charge in [0.15, 0.2) is 0 Å². The molecule has 3 aliphatic carbocycles. The summed E-state index contributed by atoms with van der Waals surface area (Å²) in [5, 5.41) is 0. The lowest BCUT2D eigenvalue weighted by atomic mass is 9.33. The molecular formula is C86H70BN3. The van der Waals surface area contributed by atoms with E-state index in [1.54, 1.807) is 0 Å². The van der Waals surface area contributed by atoms with Crippen molar-refractivity contribution in [3.05, 3.63) is 320 Å². The van der Waals surface area contributed by atoms with Gasteiger partial charge in [-0.05, 0) is 183 Å². The first-order valence-corrected chi connectivity index (χ1v) is 32.7. The van der Waals surface area contributed by atoms with E-state index in [1.165, 1.54) is 149 Å². The molecule has 2 saturated carbocycles. The van der Waals surface area contributed by atoms with Crippen LogP contribution in [0.3, 0.4) is 0 Å². The molecule has 4 bridgehead atoms. The average Bonchev–Trinajstić information content (AvgIpc) is 0.734. The summed E-state index contributed by atoms with van der Waals surface area (Å²) < 4.78 is 0. The van der Waals surface area contributed by atoms with Crippen LogP contribution in [0.4, 0.5) is 34.1 Å². The fraction of sp³-hybridized carbons (Fsp3) is 0.140. The maximum atomic E-state index is 2.91. The first-order chi connectivity index (χ1) is 44.6. The van der Waals surface area contributed by atoms with E-state index in [-0.39, 0.29) is 12.6 Å². The van der Waals surface area contributed by atoms with Crippen molar-refractivity contribution in [1.82, 2.24) is 0 Å². The Hall–Kier alpha value is -10.2. The Bertz CT molecular complexity index is 4530. The number of benzene rings is 11. The Morgan fingerprint density at radius 2 is 0.900 bits per heavy atom. The van der Waals surface area contributed by atoms with Crippen molar-refractivity contribution in [2.75, 3.05) is 14.7 Å². The van der Waals surface area contributed by atoms with Gasteiger partial charge >= 0.3 is 0 Å². The van der Waals surface area contributed by atoms with Gasteiger partial charge in [0.2, 0.25) is 0 Å². The van der Waals surface area contributed by atoms with Crippen molar-refractivity contribution >= 4 is 68.4 Å². The van der Waals surface area contributed by atoms with Crippen LogP contribution in [0.15, 0.2) is 309 Å². The monoisotopic (exact) mass is 1160 g/mol. The van der Waals surface area contributed by atoms with E-state index in [2.05, 4.69) is 325 Å². The van der Waals surface area contributed by atoms with Crippen molar-refractivity contribution in [2.24, 2.45) is 17.8 Å². The molecule has 0 N–H and O–H groups in total. The molecule has 4 heteroatoms. The minimum Gasteiger partial charge on any atom is -0.365 e. The Balaban J connectivity index is 1.04. The highest BCUT2D eigenvalue weighted by Gasteiger charge is 2.49. The molecule has 4 aliphatic heterocycles. The summed E-state index contributed by atoms with van der Waals surface area (Å²) in [5.41, 5.74) is 29.1. The first kappa shape index (κ1) is 54.0. The molecule has 4 fully saturated rings. The zero-order valence-electron chi connectivity index (χ0n) is 50.9. The Kier molecular flexibility index (Phi) is 13.7. The zero-order valence-corrected chi connectivity index (χ0v) is 50.9. The number of rotatable bonds is 13.